The molecule has 0 heterocycles. The molecule has 33 valence electrons. The van der Waals surface area contributed by atoms with Gasteiger partial charge >= 0.3 is 0 Å². The van der Waals surface area contributed by atoms with Crippen LogP contribution in [0.15, 0.2) is 0 Å². The first kappa shape index (κ1) is 5.85. The van der Waals surface area contributed by atoms with Crippen molar-refractivity contribution < 1.29 is 0 Å². The molecule has 0 aliphatic rings. The van der Waals surface area contributed by atoms with E-state index in [0.717, 1.165) is 6.42 Å². The number of unbranched alkanes of at least 4 members (excludes halogenated alkanes) is 1. The monoisotopic (exact) mass is 101 g/mol. The van der Waals surface area contributed by atoms with E-state index in [2.05, 4.69) is 11.3 Å². The lowest BCUT2D eigenvalue weighted by molar-refractivity contribution is 1.17. The number of hydrogen-bond acceptors (Lipinski definition) is 0. The fourth-order valence-electron chi connectivity index (χ4n) is 0.141. The Kier molecular flexibility index (Phi) is 4.73. The molecule has 0 aromatic carbocycles. The lowest BCUT2D eigenvalue weighted by Gasteiger charge is -1.69. The minimum absolute atomic E-state index is 0.972. The van der Waals surface area contributed by atoms with Crippen LogP contribution in [0.5, 0.6) is 0 Å². The molecule has 0 fully saturated rings. The first-order valence-corrected chi connectivity index (χ1v) is 2.22. The van der Waals surface area contributed by atoms with Gasteiger partial charge in [0.2, 0.25) is 0 Å². The first-order chi connectivity index (χ1) is 2.91. The molecular formula is C5H6Cl. The molecule has 0 unspecified atom stereocenters. The maximum atomic E-state index is 4.99. The average Bonchev–Trinajstić information content (AvgIpc) is 1.61. The highest BCUT2D eigenvalue weighted by molar-refractivity contribution is 6.30. The molecule has 0 amide bonds. The van der Waals surface area contributed by atoms with Gasteiger partial charge in [-0.1, -0.05) is 12.8 Å². The second kappa shape index (κ2) is 4.85. The minimum Gasteiger partial charge on any atom is -0.0812 e. The Labute approximate surface area is 43.5 Å². The van der Waals surface area contributed by atoms with E-state index in [0.29, 0.717) is 0 Å². The summed E-state index contributed by atoms with van der Waals surface area (Å²) in [6.45, 7) is 2.02. The van der Waals surface area contributed by atoms with Crippen molar-refractivity contribution in [3.05, 3.63) is 6.42 Å². The third-order valence-corrected chi connectivity index (χ3v) is 0.470. The van der Waals surface area contributed by atoms with Crippen LogP contribution in [0.25, 0.3) is 0 Å². The summed E-state index contributed by atoms with van der Waals surface area (Å²) in [6, 6.07) is 0. The van der Waals surface area contributed by atoms with E-state index in [4.69, 9.17) is 11.6 Å². The molecule has 0 nitrogen and oxygen atoms in total. The van der Waals surface area contributed by atoms with E-state index in [9.17, 15) is 0 Å². The van der Waals surface area contributed by atoms with Gasteiger partial charge in [0, 0.05) is 11.8 Å². The Hall–Kier alpha value is -0.150. The Bertz CT molecular complexity index is 65.7. The highest BCUT2D eigenvalue weighted by Gasteiger charge is 1.65. The van der Waals surface area contributed by atoms with Crippen molar-refractivity contribution in [2.24, 2.45) is 0 Å². The third kappa shape index (κ3) is 3.85. The normalized spacial score (nSPS) is 6.33. The van der Waals surface area contributed by atoms with Crippen LogP contribution in [0, 0.1) is 17.7 Å². The van der Waals surface area contributed by atoms with Gasteiger partial charge in [-0.15, -0.1) is 0 Å². The SMILES string of the molecule is CC[CH]C#CCl. The lowest BCUT2D eigenvalue weighted by atomic mass is 10.4. The summed E-state index contributed by atoms with van der Waals surface area (Å²) < 4.78 is 0. The molecule has 0 aliphatic carbocycles. The largest absolute Gasteiger partial charge is 0.0812 e. The van der Waals surface area contributed by atoms with Gasteiger partial charge in [-0.3, -0.25) is 0 Å². The van der Waals surface area contributed by atoms with Crippen molar-refractivity contribution in [1.29, 1.82) is 0 Å². The van der Waals surface area contributed by atoms with E-state index in [1.54, 1.807) is 0 Å². The van der Waals surface area contributed by atoms with Gasteiger partial charge in [0.05, 0.1) is 0 Å². The topological polar surface area (TPSA) is 0 Å². The molecule has 0 atom stereocenters. The molecule has 0 saturated carbocycles. The molecule has 0 N–H and O–H groups in total. The molecule has 1 heteroatoms. The van der Waals surface area contributed by atoms with Gasteiger partial charge < -0.3 is 0 Å². The van der Waals surface area contributed by atoms with Crippen LogP contribution < -0.4 is 0 Å². The zero-order chi connectivity index (χ0) is 4.83. The van der Waals surface area contributed by atoms with Crippen LogP contribution in [0.2, 0.25) is 0 Å². The number of rotatable bonds is 1. The smallest absolute Gasteiger partial charge is 0.0350 e. The standard InChI is InChI=1S/C5H6Cl/c1-2-3-4-5-6/h3H,2H2,1H3. The van der Waals surface area contributed by atoms with Crippen LogP contribution in [-0.4, -0.2) is 0 Å². The van der Waals surface area contributed by atoms with E-state index < -0.39 is 0 Å². The van der Waals surface area contributed by atoms with Crippen LogP contribution in [0.1, 0.15) is 13.3 Å². The fraction of sp³-hybridized carbons (Fsp3) is 0.400. The van der Waals surface area contributed by atoms with E-state index >= 15 is 0 Å². The van der Waals surface area contributed by atoms with Gasteiger partial charge in [-0.25, -0.2) is 0 Å². The summed E-state index contributed by atoms with van der Waals surface area (Å²) >= 11 is 4.99. The molecule has 1 radical (unpaired) electrons. The summed E-state index contributed by atoms with van der Waals surface area (Å²) in [5.41, 5.74) is 0. The van der Waals surface area contributed by atoms with Gasteiger partial charge in [0.25, 0.3) is 0 Å². The zero-order valence-corrected chi connectivity index (χ0v) is 4.42. The summed E-state index contributed by atoms with van der Waals surface area (Å²) in [6.07, 6.45) is 2.78. The van der Waals surface area contributed by atoms with Crippen LogP contribution in [0.4, 0.5) is 0 Å². The molecule has 0 spiro atoms. The predicted molar refractivity (Wildman–Crippen MR) is 28.2 cm³/mol. The van der Waals surface area contributed by atoms with E-state index in [-0.39, 0.29) is 0 Å². The third-order valence-electron chi connectivity index (χ3n) is 0.361. The van der Waals surface area contributed by atoms with Gasteiger partial charge in [-0.05, 0) is 18.0 Å². The zero-order valence-electron chi connectivity index (χ0n) is 3.66. The molecule has 0 aromatic heterocycles. The molecule has 0 rings (SSSR count). The molecule has 0 aliphatic heterocycles. The van der Waals surface area contributed by atoms with Crippen LogP contribution >= 0.6 is 11.6 Å². The van der Waals surface area contributed by atoms with Crippen molar-refractivity contribution >= 4 is 11.6 Å². The Balaban J connectivity index is 2.79. The average molecular weight is 102 g/mol. The Morgan fingerprint density at radius 2 is 2.50 bits per heavy atom. The molecule has 0 aromatic rings. The number of halogens is 1. The maximum absolute atomic E-state index is 4.99. The van der Waals surface area contributed by atoms with Gasteiger partial charge in [0.15, 0.2) is 0 Å². The molecule has 6 heavy (non-hydrogen) atoms. The quantitative estimate of drug-likeness (QED) is 0.442. The van der Waals surface area contributed by atoms with Gasteiger partial charge in [-0.2, -0.15) is 0 Å². The molecular weight excluding hydrogens is 95.5 g/mol. The Morgan fingerprint density at radius 1 is 1.83 bits per heavy atom. The van der Waals surface area contributed by atoms with Crippen molar-refractivity contribution in [3.63, 3.8) is 0 Å². The maximum Gasteiger partial charge on any atom is 0.0350 e. The highest BCUT2D eigenvalue weighted by atomic mass is 35.5. The first-order valence-electron chi connectivity index (χ1n) is 1.84. The van der Waals surface area contributed by atoms with Crippen molar-refractivity contribution in [2.75, 3.05) is 0 Å². The van der Waals surface area contributed by atoms with Crippen LogP contribution in [0.3, 0.4) is 0 Å². The summed E-state index contributed by atoms with van der Waals surface area (Å²) in [4.78, 5) is 0. The summed E-state index contributed by atoms with van der Waals surface area (Å²) in [5.74, 6) is 2.59. The number of hydrogen-bond donors (Lipinski definition) is 0. The molecule has 0 bridgehead atoms. The van der Waals surface area contributed by atoms with E-state index in [1.807, 2.05) is 13.3 Å². The molecule has 0 saturated heterocycles. The Morgan fingerprint density at radius 3 is 2.67 bits per heavy atom. The summed E-state index contributed by atoms with van der Waals surface area (Å²) in [5, 5.41) is 2.24. The van der Waals surface area contributed by atoms with Crippen LogP contribution in [-0.2, 0) is 0 Å². The minimum atomic E-state index is 0.972. The van der Waals surface area contributed by atoms with Crippen molar-refractivity contribution in [3.8, 4) is 11.3 Å². The van der Waals surface area contributed by atoms with Gasteiger partial charge in [0.1, 0.15) is 0 Å². The predicted octanol–water partition coefficient (Wildman–Crippen LogP) is 1.80. The summed E-state index contributed by atoms with van der Waals surface area (Å²) in [7, 11) is 0. The highest BCUT2D eigenvalue weighted by Crippen LogP contribution is 1.78. The fourth-order valence-corrected chi connectivity index (χ4v) is 0.218. The van der Waals surface area contributed by atoms with E-state index in [1.165, 1.54) is 0 Å². The van der Waals surface area contributed by atoms with Crippen molar-refractivity contribution in [1.82, 2.24) is 0 Å². The lowest BCUT2D eigenvalue weighted by Crippen LogP contribution is -1.58. The van der Waals surface area contributed by atoms with Crippen molar-refractivity contribution in [2.45, 2.75) is 13.3 Å². The second-order valence-electron chi connectivity index (χ2n) is 0.851. The second-order valence-corrected chi connectivity index (χ2v) is 1.04.